The molecule has 2 nitrogen and oxygen atoms in total. The SMILES string of the molecule is CCCOc1ccc2c(Cl)ccnc2c1.c1ccccc1. The maximum absolute atomic E-state index is 6.03. The van der Waals surface area contributed by atoms with Crippen LogP contribution in [0.25, 0.3) is 10.9 Å². The van der Waals surface area contributed by atoms with Gasteiger partial charge in [0.25, 0.3) is 0 Å². The standard InChI is InChI=1S/C12H12ClNO.C6H6/c1-2-7-15-9-3-4-10-11(13)5-6-14-12(10)8-9;1-2-4-6-5-3-1/h3-6,8H,2,7H2,1H3;1-6H. The molecule has 0 aliphatic heterocycles. The average Bonchev–Trinajstić information content (AvgIpc) is 2.55. The van der Waals surface area contributed by atoms with Crippen molar-refractivity contribution in [2.45, 2.75) is 13.3 Å². The summed E-state index contributed by atoms with van der Waals surface area (Å²) in [6.07, 6.45) is 2.70. The molecule has 2 aromatic carbocycles. The lowest BCUT2D eigenvalue weighted by molar-refractivity contribution is 0.318. The quantitative estimate of drug-likeness (QED) is 0.649. The van der Waals surface area contributed by atoms with Gasteiger partial charge in [0.05, 0.1) is 17.1 Å². The van der Waals surface area contributed by atoms with E-state index in [0.717, 1.165) is 34.7 Å². The summed E-state index contributed by atoms with van der Waals surface area (Å²) in [5, 5.41) is 1.69. The Morgan fingerprint density at radius 3 is 2.29 bits per heavy atom. The molecule has 0 radical (unpaired) electrons. The van der Waals surface area contributed by atoms with Crippen LogP contribution in [0.15, 0.2) is 66.9 Å². The third-order valence-corrected chi connectivity index (χ3v) is 3.13. The fraction of sp³-hybridized carbons (Fsp3) is 0.167. The molecule has 0 spiro atoms. The van der Waals surface area contributed by atoms with Crippen LogP contribution in [-0.2, 0) is 0 Å². The van der Waals surface area contributed by atoms with Crippen molar-refractivity contribution in [2.75, 3.05) is 6.61 Å². The fourth-order valence-corrected chi connectivity index (χ4v) is 2.00. The maximum Gasteiger partial charge on any atom is 0.121 e. The Morgan fingerprint density at radius 1 is 1.00 bits per heavy atom. The number of aromatic nitrogens is 1. The number of ether oxygens (including phenoxy) is 1. The van der Waals surface area contributed by atoms with Crippen molar-refractivity contribution >= 4 is 22.5 Å². The Labute approximate surface area is 130 Å². The number of benzene rings is 2. The minimum absolute atomic E-state index is 0.724. The highest BCUT2D eigenvalue weighted by molar-refractivity contribution is 6.35. The predicted molar refractivity (Wildman–Crippen MR) is 89.0 cm³/mol. The van der Waals surface area contributed by atoms with Crippen LogP contribution in [0.5, 0.6) is 5.75 Å². The Bertz CT molecular complexity index is 644. The van der Waals surface area contributed by atoms with Crippen LogP contribution < -0.4 is 4.74 Å². The number of fused-ring (bicyclic) bond motifs is 1. The summed E-state index contributed by atoms with van der Waals surface area (Å²) in [6.45, 7) is 2.81. The molecule has 0 amide bonds. The lowest BCUT2D eigenvalue weighted by Crippen LogP contribution is -1.94. The van der Waals surface area contributed by atoms with Gasteiger partial charge in [-0.3, -0.25) is 4.98 Å². The normalized spacial score (nSPS) is 9.81. The molecule has 3 aromatic rings. The molecule has 0 N–H and O–H groups in total. The van der Waals surface area contributed by atoms with Gasteiger partial charge in [-0.2, -0.15) is 0 Å². The van der Waals surface area contributed by atoms with Gasteiger partial charge in [-0.15, -0.1) is 0 Å². The van der Waals surface area contributed by atoms with Crippen LogP contribution in [0.3, 0.4) is 0 Å². The molecule has 3 rings (SSSR count). The van der Waals surface area contributed by atoms with E-state index in [2.05, 4.69) is 11.9 Å². The van der Waals surface area contributed by atoms with Gasteiger partial charge in [0.2, 0.25) is 0 Å². The molecule has 1 aromatic heterocycles. The molecule has 0 bridgehead atoms. The summed E-state index contributed by atoms with van der Waals surface area (Å²) >= 11 is 6.03. The van der Waals surface area contributed by atoms with Crippen molar-refractivity contribution in [1.82, 2.24) is 4.98 Å². The van der Waals surface area contributed by atoms with Gasteiger partial charge in [0.1, 0.15) is 5.75 Å². The second-order valence-electron chi connectivity index (χ2n) is 4.47. The zero-order chi connectivity index (χ0) is 14.9. The van der Waals surface area contributed by atoms with Gasteiger partial charge < -0.3 is 4.74 Å². The van der Waals surface area contributed by atoms with Crippen molar-refractivity contribution in [3.8, 4) is 5.75 Å². The van der Waals surface area contributed by atoms with Gasteiger partial charge in [-0.1, -0.05) is 54.9 Å². The first-order chi connectivity index (χ1) is 10.3. The number of halogens is 1. The van der Waals surface area contributed by atoms with Crippen molar-refractivity contribution in [3.63, 3.8) is 0 Å². The smallest absolute Gasteiger partial charge is 0.121 e. The zero-order valence-corrected chi connectivity index (χ0v) is 12.8. The summed E-state index contributed by atoms with van der Waals surface area (Å²) in [6, 6.07) is 19.6. The molecule has 0 fully saturated rings. The summed E-state index contributed by atoms with van der Waals surface area (Å²) in [7, 11) is 0. The van der Waals surface area contributed by atoms with Crippen LogP contribution in [0.1, 0.15) is 13.3 Å². The maximum atomic E-state index is 6.03. The molecule has 0 saturated carbocycles. The minimum Gasteiger partial charge on any atom is -0.494 e. The van der Waals surface area contributed by atoms with Gasteiger partial charge >= 0.3 is 0 Å². The van der Waals surface area contributed by atoms with Crippen LogP contribution in [0.2, 0.25) is 5.02 Å². The topological polar surface area (TPSA) is 22.1 Å². The first-order valence-corrected chi connectivity index (χ1v) is 7.36. The molecule has 0 aliphatic carbocycles. The Balaban J connectivity index is 0.000000225. The van der Waals surface area contributed by atoms with Gasteiger partial charge in [-0.25, -0.2) is 0 Å². The van der Waals surface area contributed by atoms with E-state index in [9.17, 15) is 0 Å². The molecular weight excluding hydrogens is 282 g/mol. The molecule has 21 heavy (non-hydrogen) atoms. The van der Waals surface area contributed by atoms with E-state index < -0.39 is 0 Å². The van der Waals surface area contributed by atoms with Gasteiger partial charge in [0.15, 0.2) is 0 Å². The Hall–Kier alpha value is -2.06. The van der Waals surface area contributed by atoms with Crippen molar-refractivity contribution in [1.29, 1.82) is 0 Å². The predicted octanol–water partition coefficient (Wildman–Crippen LogP) is 5.36. The summed E-state index contributed by atoms with van der Waals surface area (Å²) in [4.78, 5) is 4.25. The molecule has 1 heterocycles. The van der Waals surface area contributed by atoms with E-state index in [0.29, 0.717) is 0 Å². The summed E-state index contributed by atoms with van der Waals surface area (Å²) < 4.78 is 5.52. The number of pyridine rings is 1. The second kappa shape index (κ2) is 8.28. The lowest BCUT2D eigenvalue weighted by atomic mass is 10.2. The highest BCUT2D eigenvalue weighted by atomic mass is 35.5. The van der Waals surface area contributed by atoms with E-state index in [4.69, 9.17) is 16.3 Å². The van der Waals surface area contributed by atoms with Gasteiger partial charge in [0, 0.05) is 17.6 Å². The number of nitrogens with zero attached hydrogens (tertiary/aromatic N) is 1. The van der Waals surface area contributed by atoms with E-state index in [1.54, 1.807) is 12.3 Å². The first-order valence-electron chi connectivity index (χ1n) is 6.98. The van der Waals surface area contributed by atoms with E-state index in [1.165, 1.54) is 0 Å². The molecule has 0 atom stereocenters. The fourth-order valence-electron chi connectivity index (χ4n) is 1.79. The van der Waals surface area contributed by atoms with E-state index in [-0.39, 0.29) is 0 Å². The third kappa shape index (κ3) is 4.76. The van der Waals surface area contributed by atoms with Crippen molar-refractivity contribution in [3.05, 3.63) is 71.9 Å². The van der Waals surface area contributed by atoms with Crippen LogP contribution in [0.4, 0.5) is 0 Å². The van der Waals surface area contributed by atoms with Gasteiger partial charge in [-0.05, 0) is 24.6 Å². The highest BCUT2D eigenvalue weighted by Crippen LogP contribution is 2.25. The largest absolute Gasteiger partial charge is 0.494 e. The van der Waals surface area contributed by atoms with Crippen LogP contribution in [-0.4, -0.2) is 11.6 Å². The summed E-state index contributed by atoms with van der Waals surface area (Å²) in [5.41, 5.74) is 0.871. The molecule has 0 aliphatic rings. The Morgan fingerprint density at radius 2 is 1.67 bits per heavy atom. The third-order valence-electron chi connectivity index (χ3n) is 2.80. The molecule has 0 unspecified atom stereocenters. The zero-order valence-electron chi connectivity index (χ0n) is 12.0. The number of hydrogen-bond acceptors (Lipinski definition) is 2. The van der Waals surface area contributed by atoms with Crippen molar-refractivity contribution in [2.24, 2.45) is 0 Å². The lowest BCUT2D eigenvalue weighted by Gasteiger charge is -2.05. The second-order valence-corrected chi connectivity index (χ2v) is 4.88. The monoisotopic (exact) mass is 299 g/mol. The van der Waals surface area contributed by atoms with Crippen LogP contribution >= 0.6 is 11.6 Å². The first kappa shape index (κ1) is 15.3. The minimum atomic E-state index is 0.724. The number of rotatable bonds is 3. The van der Waals surface area contributed by atoms with Crippen molar-refractivity contribution < 1.29 is 4.74 Å². The van der Waals surface area contributed by atoms with Crippen LogP contribution in [0, 0.1) is 0 Å². The molecule has 0 saturated heterocycles. The molecule has 3 heteroatoms. The highest BCUT2D eigenvalue weighted by Gasteiger charge is 2.01. The summed E-state index contributed by atoms with van der Waals surface area (Å²) in [5.74, 6) is 0.846. The number of hydrogen-bond donors (Lipinski definition) is 0. The molecular formula is C18H18ClNO. The van der Waals surface area contributed by atoms with E-state index >= 15 is 0 Å². The average molecular weight is 300 g/mol. The Kier molecular flexibility index (Phi) is 6.04. The molecule has 108 valence electrons. The van der Waals surface area contributed by atoms with E-state index in [1.807, 2.05) is 54.6 Å².